The molecule has 1 saturated heterocycles. The fourth-order valence-corrected chi connectivity index (χ4v) is 0.876. The lowest BCUT2D eigenvalue weighted by Crippen LogP contribution is -2.21. The number of hydroxylamine groups is 2. The average molecular weight is 115 g/mol. The monoisotopic (exact) mass is 115 g/mol. The molecule has 48 valence electrons. The fraction of sp³-hybridized carbons (Fsp3) is 1.00. The van der Waals surface area contributed by atoms with Crippen molar-refractivity contribution in [3.63, 3.8) is 0 Å². The molecule has 1 rings (SSSR count). The number of hydrogen-bond acceptors (Lipinski definition) is 3. The van der Waals surface area contributed by atoms with E-state index in [2.05, 4.69) is 11.8 Å². The molecule has 0 spiro atoms. The minimum absolute atomic E-state index is 0.608. The summed E-state index contributed by atoms with van der Waals surface area (Å²) in [6, 6.07) is 0. The summed E-state index contributed by atoms with van der Waals surface area (Å²) in [5, 5.41) is 11.6. The maximum Gasteiger partial charge on any atom is 0.0392 e. The summed E-state index contributed by atoms with van der Waals surface area (Å²) >= 11 is 0. The zero-order valence-corrected chi connectivity index (χ0v) is 5.13. The highest BCUT2D eigenvalue weighted by Gasteiger charge is 2.09. The van der Waals surface area contributed by atoms with Crippen molar-refractivity contribution in [2.24, 2.45) is 0 Å². The highest BCUT2D eigenvalue weighted by molar-refractivity contribution is 4.68. The molecule has 0 aromatic rings. The lowest BCUT2D eigenvalue weighted by atomic mass is 10.6. The molecule has 0 amide bonds. The standard InChI is InChI=1S/C5H11N2O/c1-2-6-3-4-7(8)5-6/h2-5H2,1H3/q-1. The molecule has 0 radical (unpaired) electrons. The Morgan fingerprint density at radius 1 is 1.50 bits per heavy atom. The SMILES string of the molecule is CCN1CCN([O-])C1. The molecule has 8 heavy (non-hydrogen) atoms. The van der Waals surface area contributed by atoms with Crippen molar-refractivity contribution >= 4 is 0 Å². The summed E-state index contributed by atoms with van der Waals surface area (Å²) in [5.74, 6) is 0. The molecule has 0 aromatic heterocycles. The van der Waals surface area contributed by atoms with E-state index in [4.69, 9.17) is 0 Å². The molecule has 0 unspecified atom stereocenters. The van der Waals surface area contributed by atoms with Crippen molar-refractivity contribution in [3.8, 4) is 0 Å². The molecule has 1 aliphatic heterocycles. The molecule has 0 aromatic carbocycles. The van der Waals surface area contributed by atoms with Gasteiger partial charge in [-0.05, 0) is 13.1 Å². The van der Waals surface area contributed by atoms with Crippen molar-refractivity contribution in [1.29, 1.82) is 0 Å². The Hall–Kier alpha value is -0.120. The van der Waals surface area contributed by atoms with E-state index in [9.17, 15) is 5.21 Å². The molecule has 1 fully saturated rings. The van der Waals surface area contributed by atoms with E-state index >= 15 is 0 Å². The van der Waals surface area contributed by atoms with Gasteiger partial charge >= 0.3 is 0 Å². The topological polar surface area (TPSA) is 29.5 Å². The molecular weight excluding hydrogens is 104 g/mol. The second-order valence-electron chi connectivity index (χ2n) is 2.06. The normalized spacial score (nSPS) is 24.8. The predicted octanol–water partition coefficient (Wildman–Crippen LogP) is 0.0792. The number of hydrogen-bond donors (Lipinski definition) is 0. The highest BCUT2D eigenvalue weighted by atomic mass is 16.5. The smallest absolute Gasteiger partial charge is 0.0392 e. The van der Waals surface area contributed by atoms with Gasteiger partial charge in [-0.25, -0.2) is 0 Å². The van der Waals surface area contributed by atoms with Crippen LogP contribution in [-0.2, 0) is 0 Å². The molecule has 0 atom stereocenters. The van der Waals surface area contributed by atoms with Crippen molar-refractivity contribution in [1.82, 2.24) is 9.96 Å². The third kappa shape index (κ3) is 1.18. The Morgan fingerprint density at radius 3 is 2.50 bits per heavy atom. The number of rotatable bonds is 1. The summed E-state index contributed by atoms with van der Waals surface area (Å²) in [4.78, 5) is 2.12. The molecule has 1 aliphatic rings. The first-order chi connectivity index (χ1) is 3.83. The van der Waals surface area contributed by atoms with E-state index < -0.39 is 0 Å². The number of likely N-dealkylation sites (N-methyl/N-ethyl adjacent to an activating group) is 1. The molecule has 0 bridgehead atoms. The molecular formula is C5H11N2O-. The molecule has 0 N–H and O–H groups in total. The van der Waals surface area contributed by atoms with Gasteiger partial charge in [0.05, 0.1) is 0 Å². The molecule has 3 nitrogen and oxygen atoms in total. The van der Waals surface area contributed by atoms with Crippen LogP contribution in [0.25, 0.3) is 0 Å². The molecule has 0 saturated carbocycles. The second kappa shape index (κ2) is 2.44. The van der Waals surface area contributed by atoms with Gasteiger partial charge in [-0.1, -0.05) is 6.92 Å². The van der Waals surface area contributed by atoms with E-state index in [1.807, 2.05) is 0 Å². The van der Waals surface area contributed by atoms with Crippen LogP contribution in [0.1, 0.15) is 6.92 Å². The Balaban J connectivity index is 2.22. The van der Waals surface area contributed by atoms with Gasteiger partial charge in [0.1, 0.15) is 0 Å². The fourth-order valence-electron chi connectivity index (χ4n) is 0.876. The van der Waals surface area contributed by atoms with Crippen molar-refractivity contribution in [3.05, 3.63) is 5.21 Å². The van der Waals surface area contributed by atoms with Gasteiger partial charge in [0.25, 0.3) is 0 Å². The Bertz CT molecular complexity index is 76.8. The van der Waals surface area contributed by atoms with Gasteiger partial charge in [0.2, 0.25) is 0 Å². The van der Waals surface area contributed by atoms with Gasteiger partial charge in [-0.3, -0.25) is 4.90 Å². The summed E-state index contributed by atoms with van der Waals surface area (Å²) in [6.07, 6.45) is 0. The van der Waals surface area contributed by atoms with E-state index in [-0.39, 0.29) is 0 Å². The minimum atomic E-state index is 0.608. The predicted molar refractivity (Wildman–Crippen MR) is 32.2 cm³/mol. The zero-order valence-electron chi connectivity index (χ0n) is 5.13. The van der Waals surface area contributed by atoms with Crippen molar-refractivity contribution in [2.45, 2.75) is 6.92 Å². The lowest BCUT2D eigenvalue weighted by molar-refractivity contribution is 0.303. The van der Waals surface area contributed by atoms with Crippen molar-refractivity contribution in [2.75, 3.05) is 26.3 Å². The highest BCUT2D eigenvalue weighted by Crippen LogP contribution is 1.99. The van der Waals surface area contributed by atoms with Crippen LogP contribution < -0.4 is 0 Å². The second-order valence-corrected chi connectivity index (χ2v) is 2.06. The van der Waals surface area contributed by atoms with Crippen LogP contribution in [-0.4, -0.2) is 36.3 Å². The van der Waals surface area contributed by atoms with E-state index in [1.165, 1.54) is 0 Å². The van der Waals surface area contributed by atoms with Crippen LogP contribution in [0.2, 0.25) is 0 Å². The van der Waals surface area contributed by atoms with E-state index in [0.717, 1.165) is 18.2 Å². The summed E-state index contributed by atoms with van der Waals surface area (Å²) in [7, 11) is 0. The maximum atomic E-state index is 10.5. The van der Waals surface area contributed by atoms with Gasteiger partial charge in [-0.15, -0.1) is 0 Å². The zero-order chi connectivity index (χ0) is 5.98. The summed E-state index contributed by atoms with van der Waals surface area (Å²) in [6.45, 7) is 5.31. The Morgan fingerprint density at radius 2 is 2.25 bits per heavy atom. The molecule has 1 heterocycles. The summed E-state index contributed by atoms with van der Waals surface area (Å²) < 4.78 is 0. The van der Waals surface area contributed by atoms with Crippen LogP contribution >= 0.6 is 0 Å². The van der Waals surface area contributed by atoms with Gasteiger partial charge in [0.15, 0.2) is 0 Å². The minimum Gasteiger partial charge on any atom is -0.784 e. The van der Waals surface area contributed by atoms with E-state index in [1.54, 1.807) is 0 Å². The van der Waals surface area contributed by atoms with Crippen molar-refractivity contribution < 1.29 is 0 Å². The average Bonchev–Trinajstić information content (AvgIpc) is 2.14. The van der Waals surface area contributed by atoms with Gasteiger partial charge in [-0.2, -0.15) is 0 Å². The Kier molecular flexibility index (Phi) is 1.83. The number of nitrogens with zero attached hydrogens (tertiary/aromatic N) is 2. The van der Waals surface area contributed by atoms with Crippen LogP contribution in [0.4, 0.5) is 0 Å². The summed E-state index contributed by atoms with van der Waals surface area (Å²) in [5.41, 5.74) is 0. The van der Waals surface area contributed by atoms with Gasteiger partial charge < -0.3 is 10.3 Å². The maximum absolute atomic E-state index is 10.5. The quantitative estimate of drug-likeness (QED) is 0.484. The van der Waals surface area contributed by atoms with Crippen LogP contribution in [0.5, 0.6) is 0 Å². The van der Waals surface area contributed by atoms with E-state index in [0.29, 0.717) is 13.2 Å². The molecule has 0 aliphatic carbocycles. The first kappa shape index (κ1) is 6.01. The van der Waals surface area contributed by atoms with Crippen LogP contribution in [0.15, 0.2) is 0 Å². The van der Waals surface area contributed by atoms with Crippen LogP contribution in [0, 0.1) is 5.21 Å². The largest absolute Gasteiger partial charge is 0.784 e. The third-order valence-electron chi connectivity index (χ3n) is 1.47. The lowest BCUT2D eigenvalue weighted by Gasteiger charge is -2.20. The van der Waals surface area contributed by atoms with Crippen LogP contribution in [0.3, 0.4) is 0 Å². The Labute approximate surface area is 49.5 Å². The third-order valence-corrected chi connectivity index (χ3v) is 1.47. The first-order valence-corrected chi connectivity index (χ1v) is 2.97. The van der Waals surface area contributed by atoms with Gasteiger partial charge in [0, 0.05) is 13.2 Å². The first-order valence-electron chi connectivity index (χ1n) is 2.97. The molecule has 3 heteroatoms.